The summed E-state index contributed by atoms with van der Waals surface area (Å²) in [6, 6.07) is 9.78. The second-order valence-electron chi connectivity index (χ2n) is 3.75. The van der Waals surface area contributed by atoms with Crippen molar-refractivity contribution in [2.75, 3.05) is 11.9 Å². The molecule has 0 saturated carbocycles. The Morgan fingerprint density at radius 3 is 2.20 bits per heavy atom. The lowest BCUT2D eigenvalue weighted by Crippen LogP contribution is -2.32. The van der Waals surface area contributed by atoms with Crippen molar-refractivity contribution in [2.45, 2.75) is 26.7 Å². The third-order valence-electron chi connectivity index (χ3n) is 2.81. The van der Waals surface area contributed by atoms with Gasteiger partial charge in [0.05, 0.1) is 0 Å². The fraction of sp³-hybridized carbons (Fsp3) is 0.462. The second-order valence-corrected chi connectivity index (χ2v) is 3.75. The zero-order valence-corrected chi connectivity index (χ0v) is 9.73. The zero-order chi connectivity index (χ0) is 11.3. The van der Waals surface area contributed by atoms with Gasteiger partial charge < -0.3 is 4.90 Å². The minimum absolute atomic E-state index is 0.148. The first-order chi connectivity index (χ1) is 7.20. The Balaban J connectivity index is 2.76. The van der Waals surface area contributed by atoms with Crippen LogP contribution in [0, 0.1) is 5.92 Å². The highest BCUT2D eigenvalue weighted by atomic mass is 16.2. The first kappa shape index (κ1) is 11.8. The van der Waals surface area contributed by atoms with E-state index < -0.39 is 0 Å². The van der Waals surface area contributed by atoms with Crippen molar-refractivity contribution in [1.82, 2.24) is 0 Å². The van der Waals surface area contributed by atoms with Gasteiger partial charge in [0.2, 0.25) is 5.91 Å². The molecular formula is C13H19NO. The summed E-state index contributed by atoms with van der Waals surface area (Å²) in [7, 11) is 1.84. The molecule has 1 aromatic rings. The Morgan fingerprint density at radius 1 is 1.20 bits per heavy atom. The maximum absolute atomic E-state index is 12.0. The molecular weight excluding hydrogens is 186 g/mol. The molecule has 0 spiro atoms. The van der Waals surface area contributed by atoms with Crippen molar-refractivity contribution in [3.05, 3.63) is 30.3 Å². The van der Waals surface area contributed by atoms with E-state index in [0.717, 1.165) is 18.5 Å². The lowest BCUT2D eigenvalue weighted by molar-refractivity contribution is -0.122. The van der Waals surface area contributed by atoms with Crippen LogP contribution in [0.3, 0.4) is 0 Å². The molecule has 0 aliphatic rings. The molecule has 0 aromatic heterocycles. The summed E-state index contributed by atoms with van der Waals surface area (Å²) in [5, 5.41) is 0. The molecule has 0 fully saturated rings. The molecule has 1 rings (SSSR count). The van der Waals surface area contributed by atoms with E-state index in [2.05, 4.69) is 13.8 Å². The number of para-hydroxylation sites is 1. The van der Waals surface area contributed by atoms with Crippen LogP contribution >= 0.6 is 0 Å². The third-order valence-corrected chi connectivity index (χ3v) is 2.81. The van der Waals surface area contributed by atoms with Gasteiger partial charge in [-0.15, -0.1) is 0 Å². The first-order valence-electron chi connectivity index (χ1n) is 5.53. The van der Waals surface area contributed by atoms with Gasteiger partial charge >= 0.3 is 0 Å². The number of hydrogen-bond donors (Lipinski definition) is 0. The van der Waals surface area contributed by atoms with Gasteiger partial charge in [-0.2, -0.15) is 0 Å². The fourth-order valence-corrected chi connectivity index (χ4v) is 1.69. The number of carbonyl (C=O) groups is 1. The Hall–Kier alpha value is -1.31. The average molecular weight is 205 g/mol. The lowest BCUT2D eigenvalue weighted by atomic mass is 10.0. The van der Waals surface area contributed by atoms with Gasteiger partial charge in [-0.05, 0) is 25.0 Å². The molecule has 0 aliphatic carbocycles. The molecule has 1 amide bonds. The fourth-order valence-electron chi connectivity index (χ4n) is 1.69. The highest BCUT2D eigenvalue weighted by Crippen LogP contribution is 2.17. The molecule has 0 atom stereocenters. The predicted molar refractivity (Wildman–Crippen MR) is 63.9 cm³/mol. The standard InChI is InChI=1S/C13H19NO/c1-4-11(5-2)13(15)14(3)12-9-7-6-8-10-12/h6-11H,4-5H2,1-3H3. The molecule has 0 unspecified atom stereocenters. The molecule has 0 aliphatic heterocycles. The monoisotopic (exact) mass is 205 g/mol. The normalized spacial score (nSPS) is 10.4. The summed E-state index contributed by atoms with van der Waals surface area (Å²) in [6.45, 7) is 4.12. The highest BCUT2D eigenvalue weighted by molar-refractivity contribution is 5.94. The Kier molecular flexibility index (Phi) is 4.35. The molecule has 15 heavy (non-hydrogen) atoms. The van der Waals surface area contributed by atoms with Crippen molar-refractivity contribution in [3.8, 4) is 0 Å². The summed E-state index contributed by atoms with van der Waals surface area (Å²) in [6.07, 6.45) is 1.82. The number of hydrogen-bond acceptors (Lipinski definition) is 1. The lowest BCUT2D eigenvalue weighted by Gasteiger charge is -2.22. The summed E-state index contributed by atoms with van der Waals surface area (Å²) >= 11 is 0. The number of rotatable bonds is 4. The van der Waals surface area contributed by atoms with Gasteiger partial charge in [0.15, 0.2) is 0 Å². The van der Waals surface area contributed by atoms with Crippen molar-refractivity contribution >= 4 is 11.6 Å². The highest BCUT2D eigenvalue weighted by Gasteiger charge is 2.19. The van der Waals surface area contributed by atoms with E-state index >= 15 is 0 Å². The SMILES string of the molecule is CCC(CC)C(=O)N(C)c1ccccc1. The average Bonchev–Trinajstić information content (AvgIpc) is 2.30. The number of nitrogens with zero attached hydrogens (tertiary/aromatic N) is 1. The molecule has 0 bridgehead atoms. The largest absolute Gasteiger partial charge is 0.315 e. The van der Waals surface area contributed by atoms with E-state index in [1.807, 2.05) is 37.4 Å². The van der Waals surface area contributed by atoms with E-state index in [1.54, 1.807) is 4.90 Å². The Labute approximate surface area is 91.9 Å². The van der Waals surface area contributed by atoms with Gasteiger partial charge in [0, 0.05) is 18.7 Å². The van der Waals surface area contributed by atoms with Crippen LogP contribution in [0.1, 0.15) is 26.7 Å². The summed E-state index contributed by atoms with van der Waals surface area (Å²) in [5.41, 5.74) is 0.967. The number of amides is 1. The quantitative estimate of drug-likeness (QED) is 0.739. The molecule has 0 radical (unpaired) electrons. The molecule has 2 heteroatoms. The minimum atomic E-state index is 0.148. The van der Waals surface area contributed by atoms with Crippen molar-refractivity contribution in [1.29, 1.82) is 0 Å². The van der Waals surface area contributed by atoms with Crippen LogP contribution in [0.5, 0.6) is 0 Å². The number of anilines is 1. The topological polar surface area (TPSA) is 20.3 Å². The molecule has 0 heterocycles. The number of carbonyl (C=O) groups excluding carboxylic acids is 1. The summed E-state index contributed by atoms with van der Waals surface area (Å²) in [4.78, 5) is 13.8. The predicted octanol–water partition coefficient (Wildman–Crippen LogP) is 3.09. The molecule has 2 nitrogen and oxygen atoms in total. The third kappa shape index (κ3) is 2.82. The molecule has 82 valence electrons. The van der Waals surface area contributed by atoms with E-state index in [-0.39, 0.29) is 11.8 Å². The zero-order valence-electron chi connectivity index (χ0n) is 9.73. The van der Waals surface area contributed by atoms with E-state index in [1.165, 1.54) is 0 Å². The van der Waals surface area contributed by atoms with Crippen molar-refractivity contribution < 1.29 is 4.79 Å². The van der Waals surface area contributed by atoms with Crippen LogP contribution in [0.2, 0.25) is 0 Å². The van der Waals surface area contributed by atoms with Crippen LogP contribution < -0.4 is 4.90 Å². The van der Waals surface area contributed by atoms with E-state index in [9.17, 15) is 4.79 Å². The van der Waals surface area contributed by atoms with Crippen molar-refractivity contribution in [3.63, 3.8) is 0 Å². The van der Waals surface area contributed by atoms with Gasteiger partial charge in [-0.25, -0.2) is 0 Å². The second kappa shape index (κ2) is 5.54. The van der Waals surface area contributed by atoms with Gasteiger partial charge in [-0.1, -0.05) is 32.0 Å². The van der Waals surface area contributed by atoms with Crippen LogP contribution in [0.4, 0.5) is 5.69 Å². The molecule has 0 N–H and O–H groups in total. The van der Waals surface area contributed by atoms with Crippen LogP contribution in [0.25, 0.3) is 0 Å². The van der Waals surface area contributed by atoms with E-state index in [4.69, 9.17) is 0 Å². The summed E-state index contributed by atoms with van der Waals surface area (Å²) < 4.78 is 0. The molecule has 1 aromatic carbocycles. The smallest absolute Gasteiger partial charge is 0.229 e. The summed E-state index contributed by atoms with van der Waals surface area (Å²) in [5.74, 6) is 0.362. The minimum Gasteiger partial charge on any atom is -0.315 e. The van der Waals surface area contributed by atoms with Crippen LogP contribution in [0.15, 0.2) is 30.3 Å². The number of benzene rings is 1. The van der Waals surface area contributed by atoms with Crippen molar-refractivity contribution in [2.24, 2.45) is 5.92 Å². The van der Waals surface area contributed by atoms with Gasteiger partial charge in [0.25, 0.3) is 0 Å². The van der Waals surface area contributed by atoms with Crippen LogP contribution in [-0.2, 0) is 4.79 Å². The first-order valence-corrected chi connectivity index (χ1v) is 5.53. The maximum Gasteiger partial charge on any atom is 0.229 e. The van der Waals surface area contributed by atoms with Gasteiger partial charge in [0.1, 0.15) is 0 Å². The maximum atomic E-state index is 12.0. The Bertz CT molecular complexity index is 304. The van der Waals surface area contributed by atoms with Crippen LogP contribution in [-0.4, -0.2) is 13.0 Å². The van der Waals surface area contributed by atoms with Gasteiger partial charge in [-0.3, -0.25) is 4.79 Å². The van der Waals surface area contributed by atoms with E-state index in [0.29, 0.717) is 0 Å². The Morgan fingerprint density at radius 2 is 1.73 bits per heavy atom. The molecule has 0 saturated heterocycles.